The minimum absolute atomic E-state index is 0.527. The van der Waals surface area contributed by atoms with Crippen LogP contribution in [-0.4, -0.2) is 40.3 Å². The molecule has 0 aliphatic carbocycles. The lowest BCUT2D eigenvalue weighted by molar-refractivity contribution is -0.144. The molecule has 33 heavy (non-hydrogen) atoms. The summed E-state index contributed by atoms with van der Waals surface area (Å²) < 4.78 is 11.4. The van der Waals surface area contributed by atoms with E-state index in [2.05, 4.69) is 9.88 Å². The number of ether oxygens (including phenoxy) is 2. The van der Waals surface area contributed by atoms with E-state index in [4.69, 9.17) is 19.6 Å². The van der Waals surface area contributed by atoms with Gasteiger partial charge in [-0.3, -0.25) is 0 Å². The Morgan fingerprint density at radius 3 is 2.58 bits per heavy atom. The summed E-state index contributed by atoms with van der Waals surface area (Å²) in [6.07, 6.45) is -0.111. The molecule has 0 aliphatic heterocycles. The van der Waals surface area contributed by atoms with Crippen LogP contribution in [0.1, 0.15) is 18.9 Å². The highest BCUT2D eigenvalue weighted by atomic mass is 16.5. The molecule has 0 saturated carbocycles. The number of aliphatic carboxylic acids is 1. The standard InChI is InChI=1S/C26H27N3O4/c1-19(25(30)31)33-22-12-7-9-20(17-22)18-29(15-8-16-32-21-10-3-2-4-11-21)26-27-23-13-5-6-14-24(23)28-26/h2-7,9-14,17,19H,8,15-16,18H2,1H3,(H,27,28)(H,30,31). The van der Waals surface area contributed by atoms with Gasteiger partial charge in [0.05, 0.1) is 17.6 Å². The molecular formula is C26H27N3O4. The number of para-hydroxylation sites is 3. The molecule has 7 heteroatoms. The van der Waals surface area contributed by atoms with E-state index in [1.54, 1.807) is 6.07 Å². The number of nitrogens with one attached hydrogen (secondary N) is 1. The maximum Gasteiger partial charge on any atom is 0.344 e. The third-order valence-corrected chi connectivity index (χ3v) is 5.19. The van der Waals surface area contributed by atoms with Gasteiger partial charge in [-0.05, 0) is 55.3 Å². The molecular weight excluding hydrogens is 418 g/mol. The summed E-state index contributed by atoms with van der Waals surface area (Å²) in [7, 11) is 0. The molecule has 3 aromatic carbocycles. The smallest absolute Gasteiger partial charge is 0.344 e. The molecule has 4 aromatic rings. The van der Waals surface area contributed by atoms with Crippen molar-refractivity contribution in [2.75, 3.05) is 18.1 Å². The number of rotatable bonds is 11. The molecule has 4 rings (SSSR count). The molecule has 170 valence electrons. The van der Waals surface area contributed by atoms with Crippen molar-refractivity contribution in [2.45, 2.75) is 26.0 Å². The average Bonchev–Trinajstić information content (AvgIpc) is 3.26. The lowest BCUT2D eigenvalue weighted by Crippen LogP contribution is -2.26. The summed E-state index contributed by atoms with van der Waals surface area (Å²) in [4.78, 5) is 21.5. The zero-order chi connectivity index (χ0) is 23.0. The molecule has 0 saturated heterocycles. The predicted octanol–water partition coefficient (Wildman–Crippen LogP) is 4.89. The van der Waals surface area contributed by atoms with Gasteiger partial charge in [0, 0.05) is 13.1 Å². The van der Waals surface area contributed by atoms with E-state index in [9.17, 15) is 4.79 Å². The summed E-state index contributed by atoms with van der Waals surface area (Å²) in [6.45, 7) is 3.41. The number of H-pyrrole nitrogens is 1. The Labute approximate surface area is 192 Å². The second-order valence-corrected chi connectivity index (χ2v) is 7.76. The van der Waals surface area contributed by atoms with Crippen molar-refractivity contribution in [3.05, 3.63) is 84.4 Å². The Morgan fingerprint density at radius 2 is 1.79 bits per heavy atom. The van der Waals surface area contributed by atoms with Crippen LogP contribution in [0.15, 0.2) is 78.9 Å². The number of aromatic amines is 1. The number of aromatic nitrogens is 2. The van der Waals surface area contributed by atoms with Crippen molar-refractivity contribution >= 4 is 23.0 Å². The maximum absolute atomic E-state index is 11.1. The van der Waals surface area contributed by atoms with Gasteiger partial charge in [0.2, 0.25) is 5.95 Å². The second-order valence-electron chi connectivity index (χ2n) is 7.76. The zero-order valence-corrected chi connectivity index (χ0v) is 18.5. The molecule has 0 radical (unpaired) electrons. The summed E-state index contributed by atoms with van der Waals surface area (Å²) in [5.74, 6) is 1.16. The van der Waals surface area contributed by atoms with E-state index in [0.717, 1.165) is 41.3 Å². The number of anilines is 1. The number of benzene rings is 3. The summed E-state index contributed by atoms with van der Waals surface area (Å²) in [5.41, 5.74) is 2.88. The summed E-state index contributed by atoms with van der Waals surface area (Å²) in [6, 6.07) is 25.2. The van der Waals surface area contributed by atoms with Gasteiger partial charge >= 0.3 is 5.97 Å². The molecule has 0 bridgehead atoms. The lowest BCUT2D eigenvalue weighted by Gasteiger charge is -2.22. The summed E-state index contributed by atoms with van der Waals surface area (Å²) in [5, 5.41) is 9.12. The quantitative estimate of drug-likeness (QED) is 0.320. The van der Waals surface area contributed by atoms with Crippen molar-refractivity contribution in [3.8, 4) is 11.5 Å². The van der Waals surface area contributed by atoms with Gasteiger partial charge in [-0.1, -0.05) is 42.5 Å². The normalized spacial score (nSPS) is 11.8. The van der Waals surface area contributed by atoms with E-state index < -0.39 is 12.1 Å². The van der Waals surface area contributed by atoms with E-state index >= 15 is 0 Å². The van der Waals surface area contributed by atoms with Crippen molar-refractivity contribution < 1.29 is 19.4 Å². The number of carboxylic acids is 1. The zero-order valence-electron chi connectivity index (χ0n) is 18.5. The second kappa shape index (κ2) is 10.5. The van der Waals surface area contributed by atoms with Gasteiger partial charge in [-0.2, -0.15) is 0 Å². The van der Waals surface area contributed by atoms with Crippen LogP contribution in [0, 0.1) is 0 Å². The van der Waals surface area contributed by atoms with E-state index in [-0.39, 0.29) is 0 Å². The van der Waals surface area contributed by atoms with E-state index in [0.29, 0.717) is 18.9 Å². The molecule has 7 nitrogen and oxygen atoms in total. The molecule has 0 fully saturated rings. The first kappa shape index (κ1) is 22.2. The molecule has 1 aromatic heterocycles. The van der Waals surface area contributed by atoms with E-state index in [1.807, 2.05) is 72.8 Å². The number of fused-ring (bicyclic) bond motifs is 1. The molecule has 0 spiro atoms. The summed E-state index contributed by atoms with van der Waals surface area (Å²) >= 11 is 0. The Bertz CT molecular complexity index is 1160. The predicted molar refractivity (Wildman–Crippen MR) is 128 cm³/mol. The minimum atomic E-state index is -0.997. The van der Waals surface area contributed by atoms with Gasteiger partial charge in [0.15, 0.2) is 6.10 Å². The number of carboxylic acid groups (broad SMARTS) is 1. The van der Waals surface area contributed by atoms with Crippen LogP contribution >= 0.6 is 0 Å². The molecule has 0 amide bonds. The van der Waals surface area contributed by atoms with Gasteiger partial charge in [0.1, 0.15) is 11.5 Å². The van der Waals surface area contributed by atoms with Crippen molar-refractivity contribution in [1.29, 1.82) is 0 Å². The number of hydrogen-bond acceptors (Lipinski definition) is 5. The number of carbonyl (C=O) groups is 1. The highest BCUT2D eigenvalue weighted by Gasteiger charge is 2.15. The average molecular weight is 446 g/mol. The highest BCUT2D eigenvalue weighted by Crippen LogP contribution is 2.22. The van der Waals surface area contributed by atoms with Crippen LogP contribution < -0.4 is 14.4 Å². The van der Waals surface area contributed by atoms with Crippen LogP contribution in [0.25, 0.3) is 11.0 Å². The molecule has 1 unspecified atom stereocenters. The van der Waals surface area contributed by atoms with Gasteiger partial charge in [-0.25, -0.2) is 9.78 Å². The highest BCUT2D eigenvalue weighted by molar-refractivity contribution is 5.77. The fourth-order valence-electron chi connectivity index (χ4n) is 3.50. The van der Waals surface area contributed by atoms with E-state index in [1.165, 1.54) is 6.92 Å². The fourth-order valence-corrected chi connectivity index (χ4v) is 3.50. The lowest BCUT2D eigenvalue weighted by atomic mass is 10.2. The third-order valence-electron chi connectivity index (χ3n) is 5.19. The molecule has 2 N–H and O–H groups in total. The maximum atomic E-state index is 11.1. The monoisotopic (exact) mass is 445 g/mol. The van der Waals surface area contributed by atoms with Crippen molar-refractivity contribution in [3.63, 3.8) is 0 Å². The van der Waals surface area contributed by atoms with Crippen LogP contribution in [-0.2, 0) is 11.3 Å². The van der Waals surface area contributed by atoms with Gasteiger partial charge < -0.3 is 24.5 Å². The van der Waals surface area contributed by atoms with Crippen LogP contribution in [0.5, 0.6) is 11.5 Å². The Hall–Kier alpha value is -4.00. The number of imidazole rings is 1. The SMILES string of the molecule is CC(Oc1cccc(CN(CCCOc2ccccc2)c2nc3ccccc3[nH]2)c1)C(=O)O. The van der Waals surface area contributed by atoms with Gasteiger partial charge in [-0.15, -0.1) is 0 Å². The van der Waals surface area contributed by atoms with Crippen molar-refractivity contribution in [1.82, 2.24) is 9.97 Å². The first-order chi connectivity index (χ1) is 16.1. The molecule has 1 heterocycles. The third kappa shape index (κ3) is 6.04. The van der Waals surface area contributed by atoms with Crippen LogP contribution in [0.2, 0.25) is 0 Å². The first-order valence-corrected chi connectivity index (χ1v) is 10.9. The first-order valence-electron chi connectivity index (χ1n) is 10.9. The Balaban J connectivity index is 1.48. The molecule has 1 atom stereocenters. The van der Waals surface area contributed by atoms with Gasteiger partial charge in [0.25, 0.3) is 0 Å². The van der Waals surface area contributed by atoms with Crippen molar-refractivity contribution in [2.24, 2.45) is 0 Å². The molecule has 0 aliphatic rings. The van der Waals surface area contributed by atoms with Crippen LogP contribution in [0.3, 0.4) is 0 Å². The Morgan fingerprint density at radius 1 is 1.03 bits per heavy atom. The van der Waals surface area contributed by atoms with Crippen LogP contribution in [0.4, 0.5) is 5.95 Å². The largest absolute Gasteiger partial charge is 0.494 e. The Kier molecular flexibility index (Phi) is 7.09. The fraction of sp³-hybridized carbons (Fsp3) is 0.231. The minimum Gasteiger partial charge on any atom is -0.494 e. The number of nitrogens with zero attached hydrogens (tertiary/aromatic N) is 2. The number of hydrogen-bond donors (Lipinski definition) is 2. The topological polar surface area (TPSA) is 87.7 Å².